The number of carbonyl (C=O) groups excluding carboxylic acids is 1. The van der Waals surface area contributed by atoms with Gasteiger partial charge in [-0.25, -0.2) is 9.18 Å². The third-order valence-electron chi connectivity index (χ3n) is 9.49. The summed E-state index contributed by atoms with van der Waals surface area (Å²) < 4.78 is 19.3. The van der Waals surface area contributed by atoms with Crippen LogP contribution in [0.15, 0.2) is 48.0 Å². The van der Waals surface area contributed by atoms with Crippen molar-refractivity contribution in [3.63, 3.8) is 0 Å². The number of aromatic amines is 1. The molecule has 10 nitrogen and oxygen atoms in total. The highest BCUT2D eigenvalue weighted by molar-refractivity contribution is 6.39. The highest BCUT2D eigenvalue weighted by atomic mass is 35.5. The van der Waals surface area contributed by atoms with Crippen LogP contribution in [-0.4, -0.2) is 67.3 Å². The number of rotatable bonds is 4. The van der Waals surface area contributed by atoms with E-state index in [0.29, 0.717) is 65.3 Å². The molecule has 12 heteroatoms. The summed E-state index contributed by atoms with van der Waals surface area (Å²) in [5, 5.41) is 12.0. The molecule has 0 saturated carbocycles. The van der Waals surface area contributed by atoms with Crippen LogP contribution in [0.5, 0.6) is 0 Å². The topological polar surface area (TPSA) is 112 Å². The Bertz CT molecular complexity index is 2170. The maximum atomic E-state index is 17.9. The Balaban J connectivity index is 1.65. The lowest BCUT2D eigenvalue weighted by molar-refractivity contribution is -0.127. The summed E-state index contributed by atoms with van der Waals surface area (Å²) in [6.45, 7) is 14.7. The van der Waals surface area contributed by atoms with Crippen molar-refractivity contribution in [3.05, 3.63) is 81.4 Å². The Morgan fingerprint density at radius 1 is 1.17 bits per heavy atom. The average Bonchev–Trinajstić information content (AvgIpc) is 3.51. The van der Waals surface area contributed by atoms with Crippen molar-refractivity contribution in [2.75, 3.05) is 29.9 Å². The summed E-state index contributed by atoms with van der Waals surface area (Å²) in [4.78, 5) is 40.4. The molecule has 3 aromatic heterocycles. The summed E-state index contributed by atoms with van der Waals surface area (Å²) in [5.74, 6) is -0.530. The van der Waals surface area contributed by atoms with Crippen molar-refractivity contribution in [1.29, 1.82) is 0 Å². The van der Waals surface area contributed by atoms with Gasteiger partial charge >= 0.3 is 5.69 Å². The van der Waals surface area contributed by atoms with E-state index in [9.17, 15) is 9.59 Å². The molecule has 2 aromatic carbocycles. The molecule has 1 saturated heterocycles. The molecular weight excluding hydrogens is 619 g/mol. The van der Waals surface area contributed by atoms with Crippen LogP contribution in [0.2, 0.25) is 5.02 Å². The third kappa shape index (κ3) is 4.70. The number of hydrogen-bond donors (Lipinski definition) is 2. The predicted octanol–water partition coefficient (Wildman–Crippen LogP) is 6.26. The molecule has 5 aromatic rings. The van der Waals surface area contributed by atoms with Gasteiger partial charge in [0.05, 0.1) is 45.2 Å². The zero-order valence-electron chi connectivity index (χ0n) is 27.0. The van der Waals surface area contributed by atoms with Gasteiger partial charge in [-0.3, -0.25) is 19.4 Å². The van der Waals surface area contributed by atoms with Gasteiger partial charge in [0.15, 0.2) is 5.82 Å². The summed E-state index contributed by atoms with van der Waals surface area (Å²) in [6, 6.07) is 5.19. The smallest absolute Gasteiger partial charge is 0.354 e. The number of nitrogens with one attached hydrogen (secondary N) is 2. The number of halogens is 2. The number of nitrogens with zero attached hydrogens (tertiary/aromatic N) is 6. The van der Waals surface area contributed by atoms with E-state index in [1.54, 1.807) is 17.3 Å². The number of anilines is 2. The third-order valence-corrected chi connectivity index (χ3v) is 9.87. The zero-order valence-corrected chi connectivity index (χ0v) is 27.7. The van der Waals surface area contributed by atoms with E-state index < -0.39 is 11.5 Å². The molecule has 47 heavy (non-hydrogen) atoms. The molecule has 0 radical (unpaired) electrons. The molecule has 2 atom stereocenters. The molecule has 2 aliphatic heterocycles. The molecule has 0 bridgehead atoms. The molecule has 2 unspecified atom stereocenters. The first-order chi connectivity index (χ1) is 22.5. The van der Waals surface area contributed by atoms with Crippen molar-refractivity contribution in [2.45, 2.75) is 59.0 Å². The summed E-state index contributed by atoms with van der Waals surface area (Å²) in [6.07, 6.45) is 5.30. The first-order valence-corrected chi connectivity index (χ1v) is 16.2. The van der Waals surface area contributed by atoms with Gasteiger partial charge in [-0.2, -0.15) is 10.1 Å². The fraction of sp³-hybridized carbons (Fsp3) is 0.343. The molecule has 1 amide bonds. The van der Waals surface area contributed by atoms with Gasteiger partial charge in [0.1, 0.15) is 11.3 Å². The van der Waals surface area contributed by atoms with Crippen molar-refractivity contribution < 1.29 is 9.18 Å². The van der Waals surface area contributed by atoms with Gasteiger partial charge in [-0.1, -0.05) is 38.1 Å². The van der Waals surface area contributed by atoms with Crippen LogP contribution in [0, 0.1) is 19.7 Å². The number of amides is 1. The van der Waals surface area contributed by atoms with Crippen LogP contribution in [-0.2, 0) is 4.79 Å². The van der Waals surface area contributed by atoms with Gasteiger partial charge in [-0.15, -0.1) is 0 Å². The number of pyridine rings is 1. The number of benzene rings is 2. The lowest BCUT2D eigenvalue weighted by Crippen LogP contribution is -2.60. The molecule has 0 spiro atoms. The fourth-order valence-electron chi connectivity index (χ4n) is 7.39. The van der Waals surface area contributed by atoms with Gasteiger partial charge in [-0.05, 0) is 62.4 Å². The van der Waals surface area contributed by atoms with Crippen LogP contribution in [0.1, 0.15) is 49.9 Å². The number of piperazine rings is 1. The predicted molar refractivity (Wildman–Crippen MR) is 184 cm³/mol. The number of aromatic nitrogens is 5. The minimum absolute atomic E-state index is 0.0669. The first kappa shape index (κ1) is 30.9. The zero-order chi connectivity index (χ0) is 33.3. The SMILES string of the molecule is C=CC(=O)N1CC(C)N2c3nc(=O)n(-c4c(C)ccnc4C(C)C)c4c(F)c(-c5c(C)ccc6[nH]ncc56)c(Cl)c(c34)NCCC2C1. The Morgan fingerprint density at radius 2 is 1.96 bits per heavy atom. The number of carbonyl (C=O) groups is 1. The van der Waals surface area contributed by atoms with Gasteiger partial charge in [0.2, 0.25) is 5.91 Å². The number of fused-ring (bicyclic) bond motifs is 3. The van der Waals surface area contributed by atoms with Crippen LogP contribution >= 0.6 is 11.6 Å². The number of H-pyrrole nitrogens is 1. The first-order valence-electron chi connectivity index (χ1n) is 15.8. The minimum Gasteiger partial charge on any atom is -0.383 e. The minimum atomic E-state index is -0.642. The van der Waals surface area contributed by atoms with E-state index in [2.05, 4.69) is 32.0 Å². The molecule has 0 aliphatic carbocycles. The fourth-order valence-corrected chi connectivity index (χ4v) is 7.73. The largest absolute Gasteiger partial charge is 0.383 e. The second kappa shape index (κ2) is 11.5. The lowest BCUT2D eigenvalue weighted by atomic mass is 9.93. The maximum Gasteiger partial charge on any atom is 0.354 e. The van der Waals surface area contributed by atoms with Crippen LogP contribution in [0.4, 0.5) is 15.9 Å². The summed E-state index contributed by atoms with van der Waals surface area (Å²) in [5.41, 5.74) is 4.15. The summed E-state index contributed by atoms with van der Waals surface area (Å²) >= 11 is 7.30. The number of aryl methyl sites for hydroxylation is 2. The van der Waals surface area contributed by atoms with E-state index in [4.69, 9.17) is 16.6 Å². The molecular formula is C35H36ClFN8O2. The highest BCUT2D eigenvalue weighted by Crippen LogP contribution is 2.49. The van der Waals surface area contributed by atoms with E-state index in [1.165, 1.54) is 10.6 Å². The summed E-state index contributed by atoms with van der Waals surface area (Å²) in [7, 11) is 0. The maximum absolute atomic E-state index is 17.9. The van der Waals surface area contributed by atoms with E-state index in [-0.39, 0.29) is 40.0 Å². The van der Waals surface area contributed by atoms with Crippen LogP contribution in [0.25, 0.3) is 38.6 Å². The average molecular weight is 655 g/mol. The molecule has 5 heterocycles. The quantitative estimate of drug-likeness (QED) is 0.220. The van der Waals surface area contributed by atoms with Crippen molar-refractivity contribution in [1.82, 2.24) is 29.6 Å². The monoisotopic (exact) mass is 654 g/mol. The van der Waals surface area contributed by atoms with Crippen LogP contribution < -0.4 is 15.9 Å². The van der Waals surface area contributed by atoms with E-state index in [0.717, 1.165) is 16.6 Å². The van der Waals surface area contributed by atoms with E-state index in [1.807, 2.05) is 52.8 Å². The molecule has 242 valence electrons. The Hall–Kier alpha value is -4.77. The van der Waals surface area contributed by atoms with E-state index >= 15 is 4.39 Å². The second-order valence-corrected chi connectivity index (χ2v) is 13.2. The Kier molecular flexibility index (Phi) is 7.54. The van der Waals surface area contributed by atoms with Crippen molar-refractivity contribution >= 4 is 50.8 Å². The molecule has 2 aliphatic rings. The molecule has 2 N–H and O–H groups in total. The van der Waals surface area contributed by atoms with Gasteiger partial charge in [0.25, 0.3) is 0 Å². The van der Waals surface area contributed by atoms with Crippen LogP contribution in [0.3, 0.4) is 0 Å². The molecule has 1 fully saturated rings. The van der Waals surface area contributed by atoms with Gasteiger partial charge < -0.3 is 15.1 Å². The number of hydrogen-bond acceptors (Lipinski definition) is 7. The Morgan fingerprint density at radius 3 is 2.70 bits per heavy atom. The van der Waals surface area contributed by atoms with Gasteiger partial charge in [0, 0.05) is 48.4 Å². The van der Waals surface area contributed by atoms with Crippen molar-refractivity contribution in [3.8, 4) is 16.8 Å². The second-order valence-electron chi connectivity index (χ2n) is 12.8. The normalized spacial score (nSPS) is 17.9. The lowest BCUT2D eigenvalue weighted by Gasteiger charge is -2.47. The standard InChI is InChI=1S/C35H36ClFN8O2/c1-7-24(46)43-15-20(6)44-21(16-43)11-13-39-31-27-33(29(37)26(28(31)36)25-18(4)8-9-23-22(25)14-40-42-23)45(35(47)41-34(27)44)32-19(5)10-12-38-30(32)17(2)3/h7-10,12,14,17,20-21,39H,1,11,13,15-16H2,2-6H3,(H,40,42). The molecule has 7 rings (SSSR count). The Labute approximate surface area is 276 Å². The highest BCUT2D eigenvalue weighted by Gasteiger charge is 2.39. The van der Waals surface area contributed by atoms with Crippen molar-refractivity contribution in [2.24, 2.45) is 0 Å².